The number of benzene rings is 2. The van der Waals surface area contributed by atoms with Crippen LogP contribution in [0.25, 0.3) is 44.5 Å². The number of aryl methyl sites for hydroxylation is 2. The van der Waals surface area contributed by atoms with Crippen molar-refractivity contribution < 1.29 is 0 Å². The van der Waals surface area contributed by atoms with E-state index in [1.807, 2.05) is 30.2 Å². The number of pyridine rings is 1. The Hall–Kier alpha value is -3.84. The average Bonchev–Trinajstić information content (AvgIpc) is 3.48. The van der Waals surface area contributed by atoms with Gasteiger partial charge in [-0.1, -0.05) is 29.0 Å². The molecule has 0 aliphatic heterocycles. The first kappa shape index (κ1) is 20.1. The molecule has 0 bridgehead atoms. The lowest BCUT2D eigenvalue weighted by molar-refractivity contribution is 0.585. The molecule has 0 aliphatic carbocycles. The summed E-state index contributed by atoms with van der Waals surface area (Å²) in [6.07, 6.45) is 5.85. The molecule has 0 radical (unpaired) electrons. The van der Waals surface area contributed by atoms with Gasteiger partial charge in [0.1, 0.15) is 5.69 Å². The molecule has 0 fully saturated rings. The van der Waals surface area contributed by atoms with Gasteiger partial charge in [0.25, 0.3) is 0 Å². The Balaban J connectivity index is 1.54. The zero-order chi connectivity index (χ0) is 22.1. The molecule has 7 nitrogen and oxygen atoms in total. The molecule has 0 amide bonds. The molecule has 2 aromatic carbocycles. The lowest BCUT2D eigenvalue weighted by Gasteiger charge is -2.08. The van der Waals surface area contributed by atoms with Crippen molar-refractivity contribution in [3.05, 3.63) is 72.2 Å². The van der Waals surface area contributed by atoms with Crippen LogP contribution in [0.2, 0.25) is 0 Å². The maximum Gasteiger partial charge on any atom is 0.120 e. The molecule has 0 spiro atoms. The van der Waals surface area contributed by atoms with Crippen LogP contribution < -0.4 is 5.32 Å². The van der Waals surface area contributed by atoms with Gasteiger partial charge in [-0.25, -0.2) is 0 Å². The predicted octanol–water partition coefficient (Wildman–Crippen LogP) is 4.39. The van der Waals surface area contributed by atoms with Gasteiger partial charge in [-0.3, -0.25) is 14.8 Å². The van der Waals surface area contributed by atoms with Gasteiger partial charge in [-0.05, 0) is 50.7 Å². The number of nitrogens with zero attached hydrogens (tertiary/aromatic N) is 5. The van der Waals surface area contributed by atoms with Crippen LogP contribution in [-0.4, -0.2) is 43.8 Å². The molecular weight excluding hydrogens is 398 g/mol. The highest BCUT2D eigenvalue weighted by molar-refractivity contribution is 5.89. The van der Waals surface area contributed by atoms with Gasteiger partial charge in [0.2, 0.25) is 0 Å². The normalized spacial score (nSPS) is 11.3. The largest absolute Gasteiger partial charge is 0.318 e. The van der Waals surface area contributed by atoms with Gasteiger partial charge in [0.05, 0.1) is 24.0 Å². The molecule has 3 heterocycles. The molecule has 7 heteroatoms. The highest BCUT2D eigenvalue weighted by Crippen LogP contribution is 2.33. The third-order valence-electron chi connectivity index (χ3n) is 5.72. The third kappa shape index (κ3) is 3.78. The van der Waals surface area contributed by atoms with E-state index < -0.39 is 0 Å². The van der Waals surface area contributed by atoms with Crippen LogP contribution in [0.1, 0.15) is 11.1 Å². The second-order valence-electron chi connectivity index (χ2n) is 8.08. The number of hydrogen-bond donors (Lipinski definition) is 2. The van der Waals surface area contributed by atoms with Crippen molar-refractivity contribution in [1.82, 2.24) is 35.5 Å². The zero-order valence-corrected chi connectivity index (χ0v) is 18.4. The Labute approximate surface area is 186 Å². The number of likely N-dealkylation sites (N-methyl/N-ethyl adjacent to an activating group) is 1. The maximum atomic E-state index is 4.66. The number of rotatable bonds is 6. The molecule has 0 saturated heterocycles. The summed E-state index contributed by atoms with van der Waals surface area (Å²) in [6.45, 7) is 5.90. The van der Waals surface area contributed by atoms with E-state index in [0.717, 1.165) is 57.6 Å². The predicted molar refractivity (Wildman–Crippen MR) is 127 cm³/mol. The molecule has 5 aromatic rings. The quantitative estimate of drug-likeness (QED) is 0.423. The molecule has 2 N–H and O–H groups in total. The molecule has 5 rings (SSSR count). The minimum atomic E-state index is 0.828. The van der Waals surface area contributed by atoms with E-state index in [0.29, 0.717) is 0 Å². The first-order chi connectivity index (χ1) is 15.6. The van der Waals surface area contributed by atoms with E-state index in [2.05, 4.69) is 87.3 Å². The third-order valence-corrected chi connectivity index (χ3v) is 5.72. The Morgan fingerprint density at radius 2 is 1.84 bits per heavy atom. The summed E-state index contributed by atoms with van der Waals surface area (Å²) < 4.78 is 1.94. The highest BCUT2D eigenvalue weighted by atomic mass is 15.3. The van der Waals surface area contributed by atoms with Crippen molar-refractivity contribution in [3.8, 4) is 33.6 Å². The second-order valence-corrected chi connectivity index (χ2v) is 8.08. The minimum Gasteiger partial charge on any atom is -0.318 e. The Kier molecular flexibility index (Phi) is 5.25. The molecule has 160 valence electrons. The number of aromatic amines is 1. The summed E-state index contributed by atoms with van der Waals surface area (Å²) >= 11 is 0. The highest BCUT2D eigenvalue weighted by Gasteiger charge is 2.15. The number of aromatic nitrogens is 6. The fourth-order valence-corrected chi connectivity index (χ4v) is 3.92. The van der Waals surface area contributed by atoms with E-state index in [-0.39, 0.29) is 0 Å². The van der Waals surface area contributed by atoms with Crippen LogP contribution in [0, 0.1) is 13.8 Å². The van der Waals surface area contributed by atoms with E-state index >= 15 is 0 Å². The number of fused-ring (bicyclic) bond motifs is 1. The molecular formula is C25H25N7. The van der Waals surface area contributed by atoms with Gasteiger partial charge in [-0.2, -0.15) is 5.10 Å². The molecule has 0 saturated carbocycles. The van der Waals surface area contributed by atoms with Crippen molar-refractivity contribution in [3.63, 3.8) is 0 Å². The Bertz CT molecular complexity index is 1400. The fraction of sp³-hybridized carbons (Fsp3) is 0.200. The smallest absolute Gasteiger partial charge is 0.120 e. The molecule has 32 heavy (non-hydrogen) atoms. The maximum absolute atomic E-state index is 4.66. The van der Waals surface area contributed by atoms with Crippen molar-refractivity contribution in [2.45, 2.75) is 20.4 Å². The zero-order valence-electron chi connectivity index (χ0n) is 18.4. The van der Waals surface area contributed by atoms with E-state index in [1.165, 1.54) is 11.1 Å². The van der Waals surface area contributed by atoms with Gasteiger partial charge >= 0.3 is 0 Å². The van der Waals surface area contributed by atoms with Crippen molar-refractivity contribution in [1.29, 1.82) is 0 Å². The monoisotopic (exact) mass is 423 g/mol. The lowest BCUT2D eigenvalue weighted by atomic mass is 9.98. The topological polar surface area (TPSA) is 84.3 Å². The van der Waals surface area contributed by atoms with Crippen molar-refractivity contribution in [2.75, 3.05) is 13.6 Å². The molecule has 0 unspecified atom stereocenters. The average molecular weight is 424 g/mol. The number of nitrogens with one attached hydrogen (secondary N) is 2. The molecule has 3 aromatic heterocycles. The van der Waals surface area contributed by atoms with Crippen LogP contribution in [0.5, 0.6) is 0 Å². The van der Waals surface area contributed by atoms with E-state index in [4.69, 9.17) is 0 Å². The SMILES string of the molecule is CNCCn1cc(-c2cnc3ccc(-c4nn[nH]c4-c4cc(C)ccc4C)cc3c2)cn1. The standard InChI is InChI=1S/C25H25N7/c1-16-4-5-17(2)22(10-16)25-24(29-31-30-25)18-6-7-23-19(11-18)12-20(13-27-23)21-14-28-32(15-21)9-8-26-3/h4-7,10-15,26H,8-9H2,1-3H3,(H,29,30,31). The van der Waals surface area contributed by atoms with Gasteiger partial charge in [0.15, 0.2) is 0 Å². The van der Waals surface area contributed by atoms with Gasteiger partial charge < -0.3 is 5.32 Å². The second kappa shape index (κ2) is 8.36. The van der Waals surface area contributed by atoms with E-state index in [9.17, 15) is 0 Å². The van der Waals surface area contributed by atoms with Crippen molar-refractivity contribution >= 4 is 10.9 Å². The fourth-order valence-electron chi connectivity index (χ4n) is 3.92. The minimum absolute atomic E-state index is 0.828. The summed E-state index contributed by atoms with van der Waals surface area (Å²) in [7, 11) is 1.94. The number of hydrogen-bond acceptors (Lipinski definition) is 5. The van der Waals surface area contributed by atoms with Crippen LogP contribution in [0.15, 0.2) is 61.1 Å². The Morgan fingerprint density at radius 1 is 0.969 bits per heavy atom. The van der Waals surface area contributed by atoms with Crippen LogP contribution in [-0.2, 0) is 6.54 Å². The summed E-state index contributed by atoms with van der Waals surface area (Å²) in [5, 5.41) is 20.3. The summed E-state index contributed by atoms with van der Waals surface area (Å²) in [4.78, 5) is 4.66. The van der Waals surface area contributed by atoms with Gasteiger partial charge in [-0.15, -0.1) is 5.10 Å². The Morgan fingerprint density at radius 3 is 2.72 bits per heavy atom. The molecule has 0 aliphatic rings. The van der Waals surface area contributed by atoms with Crippen LogP contribution in [0.3, 0.4) is 0 Å². The first-order valence-corrected chi connectivity index (χ1v) is 10.7. The van der Waals surface area contributed by atoms with Crippen LogP contribution >= 0.6 is 0 Å². The van der Waals surface area contributed by atoms with Crippen LogP contribution in [0.4, 0.5) is 0 Å². The van der Waals surface area contributed by atoms with E-state index in [1.54, 1.807) is 0 Å². The number of H-pyrrole nitrogens is 1. The summed E-state index contributed by atoms with van der Waals surface area (Å²) in [5.41, 5.74) is 9.32. The molecule has 0 atom stereocenters. The first-order valence-electron chi connectivity index (χ1n) is 10.7. The lowest BCUT2D eigenvalue weighted by Crippen LogP contribution is -2.14. The summed E-state index contributed by atoms with van der Waals surface area (Å²) in [6, 6.07) is 14.8. The summed E-state index contributed by atoms with van der Waals surface area (Å²) in [5.74, 6) is 0. The van der Waals surface area contributed by atoms with Crippen molar-refractivity contribution in [2.24, 2.45) is 0 Å². The van der Waals surface area contributed by atoms with Gasteiger partial charge in [0, 0.05) is 46.6 Å².